The summed E-state index contributed by atoms with van der Waals surface area (Å²) < 4.78 is 24.2. The lowest BCUT2D eigenvalue weighted by Crippen LogP contribution is -2.52. The van der Waals surface area contributed by atoms with Gasteiger partial charge < -0.3 is 15.2 Å². The Morgan fingerprint density at radius 2 is 1.87 bits per heavy atom. The number of piperazine rings is 1. The minimum absolute atomic E-state index is 0.145. The molecule has 0 bridgehead atoms. The number of nitrogens with zero attached hydrogens (tertiary/aromatic N) is 2. The molecule has 2 N–H and O–H groups in total. The molecule has 128 valence electrons. The molecule has 1 aliphatic rings. The molecule has 0 atom stereocenters. The zero-order valence-corrected chi connectivity index (χ0v) is 14.4. The lowest BCUT2D eigenvalue weighted by Gasteiger charge is -2.33. The first-order valence-corrected chi connectivity index (χ1v) is 9.20. The van der Waals surface area contributed by atoms with Gasteiger partial charge in [0.15, 0.2) is 0 Å². The third-order valence-electron chi connectivity index (χ3n) is 3.91. The first-order valence-electron chi connectivity index (χ1n) is 7.36. The van der Waals surface area contributed by atoms with Crippen molar-refractivity contribution < 1.29 is 13.2 Å². The molecular formula is C14H22N4O4S. The van der Waals surface area contributed by atoms with Gasteiger partial charge in [-0.05, 0) is 25.5 Å². The molecule has 0 saturated carbocycles. The zero-order valence-electron chi connectivity index (χ0n) is 13.5. The van der Waals surface area contributed by atoms with Crippen molar-refractivity contribution in [3.63, 3.8) is 0 Å². The highest BCUT2D eigenvalue weighted by atomic mass is 32.2. The number of hydrogen-bond acceptors (Lipinski definition) is 4. The van der Waals surface area contributed by atoms with Crippen LogP contribution in [-0.4, -0.2) is 61.1 Å². The van der Waals surface area contributed by atoms with Gasteiger partial charge in [-0.2, -0.15) is 4.31 Å². The van der Waals surface area contributed by atoms with Gasteiger partial charge in [0.05, 0.1) is 12.8 Å². The number of aryl methyl sites for hydroxylation is 2. The van der Waals surface area contributed by atoms with E-state index < -0.39 is 10.0 Å². The van der Waals surface area contributed by atoms with E-state index in [1.165, 1.54) is 4.31 Å². The lowest BCUT2D eigenvalue weighted by molar-refractivity contribution is 0.172. The summed E-state index contributed by atoms with van der Waals surface area (Å²) >= 11 is 0. The second-order valence-electron chi connectivity index (χ2n) is 5.75. The van der Waals surface area contributed by atoms with E-state index in [0.717, 1.165) is 17.5 Å². The summed E-state index contributed by atoms with van der Waals surface area (Å²) in [6.45, 7) is 5.02. The molecule has 1 aliphatic heterocycles. The summed E-state index contributed by atoms with van der Waals surface area (Å²) in [4.78, 5) is 28.3. The Labute approximate surface area is 135 Å². The fraction of sp³-hybridized carbons (Fsp3) is 0.571. The van der Waals surface area contributed by atoms with E-state index in [2.05, 4.69) is 10.3 Å². The number of amides is 2. The van der Waals surface area contributed by atoms with Gasteiger partial charge >= 0.3 is 6.03 Å². The van der Waals surface area contributed by atoms with Crippen molar-refractivity contribution in [3.8, 4) is 0 Å². The Hall–Kier alpha value is -1.87. The third-order valence-corrected chi connectivity index (χ3v) is 5.21. The van der Waals surface area contributed by atoms with Crippen LogP contribution < -0.4 is 10.9 Å². The standard InChI is InChI=1S/C14H22N4O4S/c1-10-8-11(2)16-13(19)12(10)9-15-14(20)17-4-6-18(7-5-17)23(3,21)22/h8H,4-7,9H2,1-3H3,(H,15,20)(H,16,19). The molecule has 8 nitrogen and oxygen atoms in total. The van der Waals surface area contributed by atoms with Gasteiger partial charge in [-0.15, -0.1) is 0 Å². The molecular weight excluding hydrogens is 320 g/mol. The number of carbonyl (C=O) groups is 1. The number of pyridine rings is 1. The second-order valence-corrected chi connectivity index (χ2v) is 7.73. The summed E-state index contributed by atoms with van der Waals surface area (Å²) in [5.74, 6) is 0. The Morgan fingerprint density at radius 3 is 2.39 bits per heavy atom. The number of rotatable bonds is 3. The molecule has 1 aromatic heterocycles. The number of nitrogens with one attached hydrogen (secondary N) is 2. The number of hydrogen-bond donors (Lipinski definition) is 2. The number of aromatic nitrogens is 1. The molecule has 0 aliphatic carbocycles. The van der Waals surface area contributed by atoms with Crippen molar-refractivity contribution in [1.29, 1.82) is 0 Å². The van der Waals surface area contributed by atoms with Crippen LogP contribution in [0.1, 0.15) is 16.8 Å². The van der Waals surface area contributed by atoms with Crippen LogP contribution in [0.5, 0.6) is 0 Å². The van der Waals surface area contributed by atoms with E-state index in [-0.39, 0.29) is 31.2 Å². The van der Waals surface area contributed by atoms with E-state index >= 15 is 0 Å². The molecule has 0 unspecified atom stereocenters. The highest BCUT2D eigenvalue weighted by molar-refractivity contribution is 7.88. The van der Waals surface area contributed by atoms with Crippen molar-refractivity contribution in [1.82, 2.24) is 19.5 Å². The van der Waals surface area contributed by atoms with E-state index in [1.54, 1.807) is 11.8 Å². The average Bonchev–Trinajstić information content (AvgIpc) is 2.45. The Bertz CT molecular complexity index is 749. The highest BCUT2D eigenvalue weighted by Gasteiger charge is 2.25. The van der Waals surface area contributed by atoms with Crippen LogP contribution in [0, 0.1) is 13.8 Å². The van der Waals surface area contributed by atoms with Crippen LogP contribution in [0.3, 0.4) is 0 Å². The predicted molar refractivity (Wildman–Crippen MR) is 86.8 cm³/mol. The molecule has 0 aromatic carbocycles. The fourth-order valence-corrected chi connectivity index (χ4v) is 3.43. The van der Waals surface area contributed by atoms with Gasteiger partial charge in [0.25, 0.3) is 5.56 Å². The van der Waals surface area contributed by atoms with Gasteiger partial charge in [-0.25, -0.2) is 13.2 Å². The first kappa shape index (κ1) is 17.5. The fourth-order valence-electron chi connectivity index (χ4n) is 2.60. The molecule has 1 saturated heterocycles. The number of aromatic amines is 1. The highest BCUT2D eigenvalue weighted by Crippen LogP contribution is 2.07. The summed E-state index contributed by atoms with van der Waals surface area (Å²) in [7, 11) is -3.22. The monoisotopic (exact) mass is 342 g/mol. The van der Waals surface area contributed by atoms with E-state index in [0.29, 0.717) is 18.7 Å². The van der Waals surface area contributed by atoms with Crippen LogP contribution >= 0.6 is 0 Å². The van der Waals surface area contributed by atoms with Crippen LogP contribution in [0.2, 0.25) is 0 Å². The van der Waals surface area contributed by atoms with Crippen molar-refractivity contribution in [2.45, 2.75) is 20.4 Å². The zero-order chi connectivity index (χ0) is 17.2. The normalized spacial score (nSPS) is 16.4. The number of urea groups is 1. The molecule has 9 heteroatoms. The molecule has 0 radical (unpaired) electrons. The Morgan fingerprint density at radius 1 is 1.26 bits per heavy atom. The lowest BCUT2D eigenvalue weighted by atomic mass is 10.1. The molecule has 1 fully saturated rings. The quantitative estimate of drug-likeness (QED) is 0.792. The van der Waals surface area contributed by atoms with Crippen molar-refractivity contribution in [2.24, 2.45) is 0 Å². The number of sulfonamides is 1. The predicted octanol–water partition coefficient (Wildman–Crippen LogP) is -0.221. The van der Waals surface area contributed by atoms with Gasteiger partial charge in [0.2, 0.25) is 10.0 Å². The maximum absolute atomic E-state index is 12.2. The average molecular weight is 342 g/mol. The maximum atomic E-state index is 12.2. The van der Waals surface area contributed by atoms with Crippen LogP contribution in [-0.2, 0) is 16.6 Å². The molecule has 23 heavy (non-hydrogen) atoms. The summed E-state index contributed by atoms with van der Waals surface area (Å²) in [5.41, 5.74) is 1.93. The van der Waals surface area contributed by atoms with E-state index in [4.69, 9.17) is 0 Å². The Kier molecular flexibility index (Phi) is 5.10. The summed E-state index contributed by atoms with van der Waals surface area (Å²) in [5, 5.41) is 2.72. The third kappa shape index (κ3) is 4.32. The first-order chi connectivity index (χ1) is 10.7. The van der Waals surface area contributed by atoms with Gasteiger partial charge in [-0.3, -0.25) is 4.79 Å². The molecule has 2 amide bonds. The largest absolute Gasteiger partial charge is 0.334 e. The van der Waals surface area contributed by atoms with Crippen molar-refractivity contribution in [2.75, 3.05) is 32.4 Å². The SMILES string of the molecule is Cc1cc(C)c(CNC(=O)N2CCN(S(C)(=O)=O)CC2)c(=O)[nH]1. The molecule has 2 rings (SSSR count). The molecule has 1 aromatic rings. The minimum atomic E-state index is -3.22. The van der Waals surface area contributed by atoms with Crippen molar-refractivity contribution >= 4 is 16.1 Å². The van der Waals surface area contributed by atoms with Gasteiger partial charge in [0.1, 0.15) is 0 Å². The smallest absolute Gasteiger partial charge is 0.317 e. The van der Waals surface area contributed by atoms with Crippen molar-refractivity contribution in [3.05, 3.63) is 33.2 Å². The van der Waals surface area contributed by atoms with E-state index in [1.807, 2.05) is 13.0 Å². The summed E-state index contributed by atoms with van der Waals surface area (Å²) in [6.07, 6.45) is 1.16. The van der Waals surface area contributed by atoms with Gasteiger partial charge in [0, 0.05) is 37.4 Å². The van der Waals surface area contributed by atoms with Crippen LogP contribution in [0.4, 0.5) is 4.79 Å². The maximum Gasteiger partial charge on any atom is 0.317 e. The number of carbonyl (C=O) groups excluding carboxylic acids is 1. The summed E-state index contributed by atoms with van der Waals surface area (Å²) in [6, 6.07) is 1.56. The van der Waals surface area contributed by atoms with E-state index in [9.17, 15) is 18.0 Å². The van der Waals surface area contributed by atoms with Crippen LogP contribution in [0.25, 0.3) is 0 Å². The molecule has 2 heterocycles. The number of H-pyrrole nitrogens is 1. The molecule has 0 spiro atoms. The topological polar surface area (TPSA) is 103 Å². The second kappa shape index (κ2) is 6.71. The minimum Gasteiger partial charge on any atom is -0.334 e. The van der Waals surface area contributed by atoms with Crippen LogP contribution in [0.15, 0.2) is 10.9 Å². The van der Waals surface area contributed by atoms with Gasteiger partial charge in [-0.1, -0.05) is 0 Å². The Balaban J connectivity index is 1.93.